The van der Waals surface area contributed by atoms with Crippen LogP contribution in [-0.4, -0.2) is 105 Å². The molecule has 2 atom stereocenters. The molecular weight excluding hydrogens is 375 g/mol. The quantitative estimate of drug-likeness (QED) is 0.548. The Morgan fingerprint density at radius 2 is 1.93 bits per heavy atom. The predicted molar refractivity (Wildman–Crippen MR) is 101 cm³/mol. The number of alkyl halides is 3. The number of piperazine rings is 1. The van der Waals surface area contributed by atoms with Crippen LogP contribution in [0.5, 0.6) is 0 Å². The van der Waals surface area contributed by atoms with Gasteiger partial charge in [-0.05, 0) is 26.2 Å². The number of hydrogen-bond donors (Lipinski definition) is 1. The minimum Gasteiger partial charge on any atom is -0.376 e. The van der Waals surface area contributed by atoms with Crippen molar-refractivity contribution >= 4 is 11.9 Å². The summed E-state index contributed by atoms with van der Waals surface area (Å²) in [6.45, 7) is 3.95. The molecule has 2 aliphatic rings. The first-order chi connectivity index (χ1) is 13.2. The predicted octanol–water partition coefficient (Wildman–Crippen LogP) is 1.16. The summed E-state index contributed by atoms with van der Waals surface area (Å²) in [6.07, 6.45) is -0.989. The number of guanidine groups is 1. The van der Waals surface area contributed by atoms with Gasteiger partial charge in [0.15, 0.2) is 5.96 Å². The number of ether oxygens (including phenoxy) is 1. The van der Waals surface area contributed by atoms with Gasteiger partial charge in [0.1, 0.15) is 12.6 Å². The van der Waals surface area contributed by atoms with E-state index in [4.69, 9.17) is 4.74 Å². The molecule has 2 saturated heterocycles. The number of halogens is 3. The van der Waals surface area contributed by atoms with Crippen LogP contribution in [0.25, 0.3) is 0 Å². The zero-order chi connectivity index (χ0) is 20.7. The molecule has 1 amide bonds. The van der Waals surface area contributed by atoms with Crippen molar-refractivity contribution in [1.82, 2.24) is 20.0 Å². The fraction of sp³-hybridized carbons (Fsp3) is 0.889. The first-order valence-electron chi connectivity index (χ1n) is 9.84. The third kappa shape index (κ3) is 6.80. The molecule has 7 nitrogen and oxygen atoms in total. The largest absolute Gasteiger partial charge is 0.403 e. The van der Waals surface area contributed by atoms with Crippen LogP contribution in [0.4, 0.5) is 13.2 Å². The second-order valence-electron chi connectivity index (χ2n) is 7.54. The van der Waals surface area contributed by atoms with Crippen LogP contribution in [0.3, 0.4) is 0 Å². The van der Waals surface area contributed by atoms with E-state index in [1.165, 1.54) is 16.7 Å². The van der Waals surface area contributed by atoms with E-state index in [0.717, 1.165) is 25.9 Å². The number of nitrogens with zero attached hydrogens (tertiary/aromatic N) is 4. The van der Waals surface area contributed by atoms with Gasteiger partial charge < -0.3 is 19.9 Å². The smallest absolute Gasteiger partial charge is 0.376 e. The van der Waals surface area contributed by atoms with Gasteiger partial charge in [0.25, 0.3) is 0 Å². The van der Waals surface area contributed by atoms with Crippen molar-refractivity contribution in [2.45, 2.75) is 44.5 Å². The van der Waals surface area contributed by atoms with Crippen LogP contribution >= 0.6 is 0 Å². The van der Waals surface area contributed by atoms with Crippen LogP contribution in [0.15, 0.2) is 4.99 Å². The highest BCUT2D eigenvalue weighted by Crippen LogP contribution is 2.25. The molecule has 28 heavy (non-hydrogen) atoms. The van der Waals surface area contributed by atoms with E-state index in [-0.39, 0.29) is 18.6 Å². The van der Waals surface area contributed by atoms with Crippen LogP contribution < -0.4 is 5.32 Å². The Hall–Kier alpha value is -1.55. The van der Waals surface area contributed by atoms with Gasteiger partial charge in [-0.25, -0.2) is 4.99 Å². The van der Waals surface area contributed by atoms with Gasteiger partial charge in [-0.2, -0.15) is 13.2 Å². The second kappa shape index (κ2) is 10.3. The Morgan fingerprint density at radius 3 is 2.46 bits per heavy atom. The lowest BCUT2D eigenvalue weighted by molar-refractivity contribution is -0.181. The Kier molecular flexibility index (Phi) is 8.36. The van der Waals surface area contributed by atoms with Gasteiger partial charge in [0.05, 0.1) is 6.10 Å². The molecule has 2 unspecified atom stereocenters. The van der Waals surface area contributed by atoms with Crippen LogP contribution in [0, 0.1) is 0 Å². The normalized spacial score (nSPS) is 23.4. The fourth-order valence-corrected chi connectivity index (χ4v) is 3.25. The number of carbonyl (C=O) groups is 1. The summed E-state index contributed by atoms with van der Waals surface area (Å²) < 4.78 is 44.6. The fourth-order valence-electron chi connectivity index (χ4n) is 3.25. The van der Waals surface area contributed by atoms with Crippen molar-refractivity contribution < 1.29 is 22.7 Å². The highest BCUT2D eigenvalue weighted by Gasteiger charge is 2.41. The van der Waals surface area contributed by atoms with E-state index in [0.29, 0.717) is 38.7 Å². The highest BCUT2D eigenvalue weighted by atomic mass is 19.4. The van der Waals surface area contributed by atoms with Crippen molar-refractivity contribution in [3.8, 4) is 0 Å². The minimum absolute atomic E-state index is 0.0000251. The number of aliphatic imine (C=N–C) groups is 1. The molecule has 0 aromatic rings. The SMILES string of the molecule is CC(N1CCN(C(=NCC(=O)N(C)C)NCC2CCCCO2)CC1)C(F)(F)F. The zero-order valence-electron chi connectivity index (χ0n) is 17.0. The maximum atomic E-state index is 13.0. The molecule has 0 radical (unpaired) electrons. The topological polar surface area (TPSA) is 60.4 Å². The van der Waals surface area contributed by atoms with Crippen LogP contribution in [-0.2, 0) is 9.53 Å². The number of hydrogen-bond acceptors (Lipinski definition) is 4. The van der Waals surface area contributed by atoms with Crippen molar-refractivity contribution in [2.24, 2.45) is 4.99 Å². The lowest BCUT2D eigenvalue weighted by Crippen LogP contribution is -2.57. The number of amides is 1. The zero-order valence-corrected chi connectivity index (χ0v) is 17.0. The Labute approximate surface area is 164 Å². The molecule has 0 aliphatic carbocycles. The van der Waals surface area contributed by atoms with Crippen molar-refractivity contribution in [3.63, 3.8) is 0 Å². The van der Waals surface area contributed by atoms with Crippen LogP contribution in [0.2, 0.25) is 0 Å². The molecule has 1 N–H and O–H groups in total. The highest BCUT2D eigenvalue weighted by molar-refractivity contribution is 5.85. The van der Waals surface area contributed by atoms with E-state index < -0.39 is 12.2 Å². The number of carbonyl (C=O) groups excluding carboxylic acids is 1. The Balaban J connectivity index is 1.96. The molecule has 2 heterocycles. The summed E-state index contributed by atoms with van der Waals surface area (Å²) in [6, 6.07) is -1.46. The first-order valence-corrected chi connectivity index (χ1v) is 9.84. The van der Waals surface area contributed by atoms with Gasteiger partial charge in [0, 0.05) is 53.4 Å². The molecule has 0 aromatic carbocycles. The monoisotopic (exact) mass is 407 g/mol. The maximum Gasteiger partial charge on any atom is 0.403 e. The van der Waals surface area contributed by atoms with Crippen LogP contribution in [0.1, 0.15) is 26.2 Å². The van der Waals surface area contributed by atoms with Gasteiger partial charge in [0.2, 0.25) is 5.91 Å². The summed E-state index contributed by atoms with van der Waals surface area (Å²) >= 11 is 0. The third-order valence-electron chi connectivity index (χ3n) is 5.26. The maximum absolute atomic E-state index is 13.0. The average Bonchev–Trinajstić information content (AvgIpc) is 2.67. The summed E-state index contributed by atoms with van der Waals surface area (Å²) in [4.78, 5) is 21.1. The second-order valence-corrected chi connectivity index (χ2v) is 7.54. The minimum atomic E-state index is -4.23. The number of likely N-dealkylation sites (N-methyl/N-ethyl adjacent to an activating group) is 1. The van der Waals surface area contributed by atoms with E-state index in [2.05, 4.69) is 10.3 Å². The van der Waals surface area contributed by atoms with Gasteiger partial charge in [-0.3, -0.25) is 9.69 Å². The summed E-state index contributed by atoms with van der Waals surface area (Å²) in [5.41, 5.74) is 0. The number of nitrogens with one attached hydrogen (secondary N) is 1. The van der Waals surface area contributed by atoms with Gasteiger partial charge >= 0.3 is 6.18 Å². The van der Waals surface area contributed by atoms with Crippen molar-refractivity contribution in [3.05, 3.63) is 0 Å². The lowest BCUT2D eigenvalue weighted by Gasteiger charge is -2.40. The first kappa shape index (κ1) is 22.7. The van der Waals surface area contributed by atoms with Gasteiger partial charge in [-0.1, -0.05) is 0 Å². The molecule has 2 rings (SSSR count). The summed E-state index contributed by atoms with van der Waals surface area (Å²) in [5.74, 6) is 0.432. The standard InChI is InChI=1S/C18H32F3N5O2/c1-14(18(19,20)21)25-7-9-26(10-8-25)17(23-13-16(27)24(2)3)22-12-15-6-4-5-11-28-15/h14-15H,4-13H2,1-3H3,(H,22,23). The Morgan fingerprint density at radius 1 is 1.25 bits per heavy atom. The molecule has 0 spiro atoms. The molecule has 2 fully saturated rings. The molecule has 0 saturated carbocycles. The molecular formula is C18H32F3N5O2. The summed E-state index contributed by atoms with van der Waals surface area (Å²) in [7, 11) is 3.33. The summed E-state index contributed by atoms with van der Waals surface area (Å²) in [5, 5.41) is 3.27. The van der Waals surface area contributed by atoms with E-state index >= 15 is 0 Å². The Bertz CT molecular complexity index is 528. The molecule has 0 bridgehead atoms. The molecule has 0 aromatic heterocycles. The average molecular weight is 407 g/mol. The molecule has 10 heteroatoms. The van der Waals surface area contributed by atoms with E-state index in [9.17, 15) is 18.0 Å². The number of rotatable bonds is 5. The van der Waals surface area contributed by atoms with E-state index in [1.807, 2.05) is 4.90 Å². The van der Waals surface area contributed by atoms with Crippen molar-refractivity contribution in [2.75, 3.05) is 60.0 Å². The molecule has 162 valence electrons. The lowest BCUT2D eigenvalue weighted by atomic mass is 10.1. The third-order valence-corrected chi connectivity index (χ3v) is 5.26. The van der Waals surface area contributed by atoms with E-state index in [1.54, 1.807) is 14.1 Å². The van der Waals surface area contributed by atoms with Gasteiger partial charge in [-0.15, -0.1) is 0 Å². The molecule has 2 aliphatic heterocycles. The van der Waals surface area contributed by atoms with Crippen molar-refractivity contribution in [1.29, 1.82) is 0 Å².